The Labute approximate surface area is 110 Å². The van der Waals surface area contributed by atoms with Crippen LogP contribution in [0.3, 0.4) is 0 Å². The summed E-state index contributed by atoms with van der Waals surface area (Å²) < 4.78 is 0. The Morgan fingerprint density at radius 2 is 1.94 bits per heavy atom. The van der Waals surface area contributed by atoms with Crippen LogP contribution in [0.1, 0.15) is 22.0 Å². The van der Waals surface area contributed by atoms with Crippen LogP contribution in [0.25, 0.3) is 0 Å². The van der Waals surface area contributed by atoms with Crippen LogP contribution >= 0.6 is 11.6 Å². The normalized spacial score (nSPS) is 12.1. The minimum atomic E-state index is -0.770. The molecule has 0 saturated carbocycles. The zero-order valence-corrected chi connectivity index (χ0v) is 10.3. The number of benzene rings is 1. The molecule has 92 valence electrons. The van der Waals surface area contributed by atoms with E-state index in [0.717, 1.165) is 5.56 Å². The molecule has 1 unspecified atom stereocenters. The number of anilines is 1. The average Bonchev–Trinajstić information content (AvgIpc) is 2.41. The maximum absolute atomic E-state index is 12.2. The number of hydrogen-bond donors (Lipinski definition) is 2. The fourth-order valence-electron chi connectivity index (χ4n) is 1.63. The average molecular weight is 262 g/mol. The molecule has 0 bridgehead atoms. The Morgan fingerprint density at radius 1 is 1.28 bits per heavy atom. The van der Waals surface area contributed by atoms with Crippen LogP contribution in [-0.2, 0) is 0 Å². The standard InChI is InChI=1S/C13H12ClN3O/c14-9-6-10(13(16)17-7-9)12(18)11(15)8-4-2-1-3-5-8/h1-7,11H,15H2,(H2,16,17). The minimum Gasteiger partial charge on any atom is -0.383 e. The summed E-state index contributed by atoms with van der Waals surface area (Å²) >= 11 is 5.80. The summed E-state index contributed by atoms with van der Waals surface area (Å²) in [6.07, 6.45) is 1.39. The molecule has 1 aromatic heterocycles. The quantitative estimate of drug-likeness (QED) is 0.830. The van der Waals surface area contributed by atoms with Gasteiger partial charge in [0.25, 0.3) is 0 Å². The van der Waals surface area contributed by atoms with Crippen molar-refractivity contribution in [2.45, 2.75) is 6.04 Å². The second-order valence-electron chi connectivity index (χ2n) is 3.84. The summed E-state index contributed by atoms with van der Waals surface area (Å²) in [7, 11) is 0. The number of nitrogens with zero attached hydrogens (tertiary/aromatic N) is 1. The van der Waals surface area contributed by atoms with Crippen molar-refractivity contribution in [3.63, 3.8) is 0 Å². The van der Waals surface area contributed by atoms with Crippen molar-refractivity contribution in [1.82, 2.24) is 4.98 Å². The van der Waals surface area contributed by atoms with Gasteiger partial charge in [-0.2, -0.15) is 0 Å². The molecular weight excluding hydrogens is 250 g/mol. The molecule has 0 radical (unpaired) electrons. The van der Waals surface area contributed by atoms with Gasteiger partial charge in [-0.3, -0.25) is 4.79 Å². The highest BCUT2D eigenvalue weighted by Crippen LogP contribution is 2.21. The van der Waals surface area contributed by atoms with E-state index < -0.39 is 6.04 Å². The molecule has 0 aliphatic rings. The van der Waals surface area contributed by atoms with E-state index in [-0.39, 0.29) is 17.2 Å². The number of nitrogen functional groups attached to an aromatic ring is 1. The minimum absolute atomic E-state index is 0.135. The lowest BCUT2D eigenvalue weighted by molar-refractivity contribution is 0.0962. The van der Waals surface area contributed by atoms with E-state index >= 15 is 0 Å². The van der Waals surface area contributed by atoms with Gasteiger partial charge in [-0.1, -0.05) is 41.9 Å². The SMILES string of the molecule is Nc1ncc(Cl)cc1C(=O)C(N)c1ccccc1. The molecule has 0 spiro atoms. The summed E-state index contributed by atoms with van der Waals surface area (Å²) in [6, 6.07) is 9.79. The number of carbonyl (C=O) groups excluding carboxylic acids is 1. The number of hydrogen-bond acceptors (Lipinski definition) is 4. The summed E-state index contributed by atoms with van der Waals surface area (Å²) in [4.78, 5) is 16.1. The fourth-order valence-corrected chi connectivity index (χ4v) is 1.78. The van der Waals surface area contributed by atoms with E-state index in [1.54, 1.807) is 12.1 Å². The van der Waals surface area contributed by atoms with Crippen molar-refractivity contribution < 1.29 is 4.79 Å². The maximum Gasteiger partial charge on any atom is 0.187 e. The first-order valence-electron chi connectivity index (χ1n) is 5.35. The maximum atomic E-state index is 12.2. The lowest BCUT2D eigenvalue weighted by Gasteiger charge is -2.12. The predicted octanol–water partition coefficient (Wildman–Crippen LogP) is 2.20. The molecule has 0 aliphatic heterocycles. The van der Waals surface area contributed by atoms with E-state index in [1.807, 2.05) is 18.2 Å². The zero-order valence-electron chi connectivity index (χ0n) is 9.51. The van der Waals surface area contributed by atoms with Crippen LogP contribution in [0.4, 0.5) is 5.82 Å². The summed E-state index contributed by atoms with van der Waals surface area (Å²) in [6.45, 7) is 0. The molecule has 0 fully saturated rings. The number of carbonyl (C=O) groups is 1. The number of nitrogens with two attached hydrogens (primary N) is 2. The van der Waals surface area contributed by atoms with E-state index in [9.17, 15) is 4.79 Å². The van der Waals surface area contributed by atoms with Crippen LogP contribution in [0.2, 0.25) is 5.02 Å². The molecule has 2 aromatic rings. The number of pyridine rings is 1. The summed E-state index contributed by atoms with van der Waals surface area (Å²) in [5, 5.41) is 0.354. The van der Waals surface area contributed by atoms with Gasteiger partial charge in [0, 0.05) is 6.20 Å². The van der Waals surface area contributed by atoms with Crippen LogP contribution in [-0.4, -0.2) is 10.8 Å². The van der Waals surface area contributed by atoms with Gasteiger partial charge in [-0.05, 0) is 11.6 Å². The number of ketones is 1. The Bertz CT molecular complexity index is 572. The van der Waals surface area contributed by atoms with Crippen molar-refractivity contribution in [3.05, 3.63) is 58.7 Å². The largest absolute Gasteiger partial charge is 0.383 e. The number of Topliss-reactive ketones (excluding diaryl/α,β-unsaturated/α-hetero) is 1. The predicted molar refractivity (Wildman–Crippen MR) is 71.4 cm³/mol. The molecule has 5 heteroatoms. The van der Waals surface area contributed by atoms with Crippen molar-refractivity contribution in [2.24, 2.45) is 5.73 Å². The number of rotatable bonds is 3. The summed E-state index contributed by atoms with van der Waals surface area (Å²) in [5.41, 5.74) is 12.5. The van der Waals surface area contributed by atoms with Gasteiger partial charge in [0.2, 0.25) is 0 Å². The Balaban J connectivity index is 2.34. The van der Waals surface area contributed by atoms with Crippen molar-refractivity contribution in [1.29, 1.82) is 0 Å². The molecule has 4 N–H and O–H groups in total. The highest BCUT2D eigenvalue weighted by molar-refractivity contribution is 6.31. The topological polar surface area (TPSA) is 82.0 Å². The molecule has 0 aliphatic carbocycles. The van der Waals surface area contributed by atoms with Gasteiger partial charge in [0.15, 0.2) is 5.78 Å². The van der Waals surface area contributed by atoms with Crippen molar-refractivity contribution in [2.75, 3.05) is 5.73 Å². The lowest BCUT2D eigenvalue weighted by atomic mass is 9.99. The highest BCUT2D eigenvalue weighted by Gasteiger charge is 2.20. The lowest BCUT2D eigenvalue weighted by Crippen LogP contribution is -2.22. The molecule has 1 aromatic carbocycles. The van der Waals surface area contributed by atoms with E-state index in [2.05, 4.69) is 4.98 Å². The Hall–Kier alpha value is -1.91. The van der Waals surface area contributed by atoms with Gasteiger partial charge >= 0.3 is 0 Å². The molecule has 1 heterocycles. The van der Waals surface area contributed by atoms with Crippen LogP contribution < -0.4 is 11.5 Å². The zero-order chi connectivity index (χ0) is 13.1. The smallest absolute Gasteiger partial charge is 0.187 e. The van der Waals surface area contributed by atoms with Gasteiger partial charge < -0.3 is 11.5 Å². The third-order valence-electron chi connectivity index (χ3n) is 2.59. The molecule has 0 amide bonds. The first-order chi connectivity index (χ1) is 8.59. The molecule has 1 atom stereocenters. The fraction of sp³-hybridized carbons (Fsp3) is 0.0769. The van der Waals surface area contributed by atoms with E-state index in [4.69, 9.17) is 23.1 Å². The molecule has 0 saturated heterocycles. The van der Waals surface area contributed by atoms with Crippen LogP contribution in [0.5, 0.6) is 0 Å². The molecular formula is C13H12ClN3O. The Morgan fingerprint density at radius 3 is 2.61 bits per heavy atom. The second kappa shape index (κ2) is 5.16. The monoisotopic (exact) mass is 261 g/mol. The Kier molecular flexibility index (Phi) is 3.60. The molecule has 18 heavy (non-hydrogen) atoms. The van der Waals surface area contributed by atoms with Gasteiger partial charge in [0.05, 0.1) is 16.6 Å². The summed E-state index contributed by atoms with van der Waals surface area (Å²) in [5.74, 6) is -0.163. The number of aromatic nitrogens is 1. The first kappa shape index (κ1) is 12.5. The molecule has 2 rings (SSSR count). The van der Waals surface area contributed by atoms with Crippen LogP contribution in [0, 0.1) is 0 Å². The molecule has 4 nitrogen and oxygen atoms in total. The van der Waals surface area contributed by atoms with Gasteiger partial charge in [0.1, 0.15) is 5.82 Å². The first-order valence-corrected chi connectivity index (χ1v) is 5.73. The van der Waals surface area contributed by atoms with E-state index in [0.29, 0.717) is 5.02 Å². The van der Waals surface area contributed by atoms with Gasteiger partial charge in [-0.25, -0.2) is 4.98 Å². The third kappa shape index (κ3) is 2.50. The highest BCUT2D eigenvalue weighted by atomic mass is 35.5. The van der Waals surface area contributed by atoms with Crippen molar-refractivity contribution in [3.8, 4) is 0 Å². The van der Waals surface area contributed by atoms with E-state index in [1.165, 1.54) is 12.3 Å². The van der Waals surface area contributed by atoms with Crippen LogP contribution in [0.15, 0.2) is 42.6 Å². The number of halogens is 1. The van der Waals surface area contributed by atoms with Crippen molar-refractivity contribution >= 4 is 23.2 Å². The third-order valence-corrected chi connectivity index (χ3v) is 2.80. The second-order valence-corrected chi connectivity index (χ2v) is 4.28. The van der Waals surface area contributed by atoms with Gasteiger partial charge in [-0.15, -0.1) is 0 Å².